The molecular formula is C24H18FN3O3. The number of rotatable bonds is 6. The van der Waals surface area contributed by atoms with Gasteiger partial charge in [0.15, 0.2) is 0 Å². The predicted molar refractivity (Wildman–Crippen MR) is 111 cm³/mol. The topological polar surface area (TPSA) is 90.3 Å². The van der Waals surface area contributed by atoms with Crippen molar-refractivity contribution >= 4 is 28.5 Å². The van der Waals surface area contributed by atoms with Gasteiger partial charge in [0.1, 0.15) is 11.9 Å². The average molecular weight is 415 g/mol. The molecule has 3 amide bonds. The van der Waals surface area contributed by atoms with Gasteiger partial charge in [0.05, 0.1) is 6.07 Å². The van der Waals surface area contributed by atoms with Crippen LogP contribution in [0, 0.1) is 17.1 Å². The van der Waals surface area contributed by atoms with Gasteiger partial charge < -0.3 is 5.32 Å². The van der Waals surface area contributed by atoms with Crippen LogP contribution in [0.4, 0.5) is 4.39 Å². The molecule has 31 heavy (non-hydrogen) atoms. The van der Waals surface area contributed by atoms with Crippen LogP contribution in [0.2, 0.25) is 0 Å². The molecule has 1 N–H and O–H groups in total. The summed E-state index contributed by atoms with van der Waals surface area (Å²) in [5.41, 5.74) is 1.01. The summed E-state index contributed by atoms with van der Waals surface area (Å²) >= 11 is 0. The lowest BCUT2D eigenvalue weighted by molar-refractivity contribution is -0.121. The van der Waals surface area contributed by atoms with Gasteiger partial charge in [-0.2, -0.15) is 5.26 Å². The van der Waals surface area contributed by atoms with Crippen LogP contribution in [0.15, 0.2) is 60.7 Å². The van der Waals surface area contributed by atoms with E-state index in [-0.39, 0.29) is 24.9 Å². The Balaban J connectivity index is 1.41. The van der Waals surface area contributed by atoms with E-state index in [1.807, 2.05) is 18.2 Å². The Morgan fingerprint density at radius 3 is 2.26 bits per heavy atom. The Bertz CT molecular complexity index is 1200. The lowest BCUT2D eigenvalue weighted by atomic mass is 9.94. The first kappa shape index (κ1) is 20.2. The molecule has 0 saturated heterocycles. The Morgan fingerprint density at radius 1 is 1.00 bits per heavy atom. The van der Waals surface area contributed by atoms with Gasteiger partial charge in [-0.05, 0) is 30.0 Å². The van der Waals surface area contributed by atoms with E-state index in [9.17, 15) is 24.0 Å². The van der Waals surface area contributed by atoms with E-state index in [0.29, 0.717) is 16.5 Å². The zero-order chi connectivity index (χ0) is 22.0. The van der Waals surface area contributed by atoms with Crippen LogP contribution in [0.3, 0.4) is 0 Å². The summed E-state index contributed by atoms with van der Waals surface area (Å²) in [5, 5.41) is 13.2. The molecular weight excluding hydrogens is 397 g/mol. The maximum atomic E-state index is 13.9. The second kappa shape index (κ2) is 8.36. The molecule has 0 radical (unpaired) electrons. The molecule has 4 rings (SSSR count). The number of carbonyl (C=O) groups excluding carboxylic acids is 3. The molecule has 0 fully saturated rings. The van der Waals surface area contributed by atoms with Crippen molar-refractivity contribution in [2.75, 3.05) is 6.54 Å². The van der Waals surface area contributed by atoms with Gasteiger partial charge >= 0.3 is 0 Å². The second-order valence-corrected chi connectivity index (χ2v) is 7.23. The molecule has 0 aliphatic carbocycles. The molecule has 1 aliphatic heterocycles. The number of nitrogens with one attached hydrogen (secondary N) is 1. The Morgan fingerprint density at radius 2 is 1.65 bits per heavy atom. The van der Waals surface area contributed by atoms with E-state index in [4.69, 9.17) is 0 Å². The Labute approximate surface area is 177 Å². The third-order valence-corrected chi connectivity index (χ3v) is 5.29. The highest BCUT2D eigenvalue weighted by molar-refractivity contribution is 6.25. The van der Waals surface area contributed by atoms with Crippen molar-refractivity contribution in [3.05, 3.63) is 83.2 Å². The fourth-order valence-electron chi connectivity index (χ4n) is 3.80. The summed E-state index contributed by atoms with van der Waals surface area (Å²) < 4.78 is 13.9. The van der Waals surface area contributed by atoms with Crippen LogP contribution in [-0.4, -0.2) is 29.2 Å². The van der Waals surface area contributed by atoms with E-state index >= 15 is 0 Å². The first-order valence-electron chi connectivity index (χ1n) is 9.82. The molecule has 1 aliphatic rings. The minimum Gasteiger partial charge on any atom is -0.337 e. The zero-order valence-electron chi connectivity index (χ0n) is 16.5. The van der Waals surface area contributed by atoms with Gasteiger partial charge in [0, 0.05) is 35.0 Å². The maximum Gasteiger partial charge on any atom is 0.261 e. The van der Waals surface area contributed by atoms with Crippen molar-refractivity contribution in [1.82, 2.24) is 10.2 Å². The number of benzene rings is 3. The van der Waals surface area contributed by atoms with Crippen LogP contribution >= 0.6 is 0 Å². The van der Waals surface area contributed by atoms with Crippen LogP contribution < -0.4 is 5.32 Å². The predicted octanol–water partition coefficient (Wildman–Crippen LogP) is 3.74. The highest BCUT2D eigenvalue weighted by Gasteiger charge is 2.32. The molecule has 1 heterocycles. The number of imide groups is 1. The fourth-order valence-corrected chi connectivity index (χ4v) is 3.80. The Hall–Kier alpha value is -4.05. The Kier molecular flexibility index (Phi) is 5.46. The smallest absolute Gasteiger partial charge is 0.261 e. The molecule has 3 aromatic rings. The van der Waals surface area contributed by atoms with E-state index < -0.39 is 29.6 Å². The summed E-state index contributed by atoms with van der Waals surface area (Å²) in [7, 11) is 0. The average Bonchev–Trinajstić information content (AvgIpc) is 2.78. The summed E-state index contributed by atoms with van der Waals surface area (Å²) in [6.07, 6.45) is 0.201. The number of hydrogen-bond donors (Lipinski definition) is 1. The van der Waals surface area contributed by atoms with Crippen molar-refractivity contribution in [3.63, 3.8) is 0 Å². The van der Waals surface area contributed by atoms with Crippen LogP contribution in [0.5, 0.6) is 0 Å². The minimum absolute atomic E-state index is 0.0183. The summed E-state index contributed by atoms with van der Waals surface area (Å²) in [4.78, 5) is 39.1. The second-order valence-electron chi connectivity index (χ2n) is 7.23. The lowest BCUT2D eigenvalue weighted by Gasteiger charge is -2.27. The highest BCUT2D eigenvalue weighted by Crippen LogP contribution is 2.30. The van der Waals surface area contributed by atoms with E-state index in [1.54, 1.807) is 30.3 Å². The van der Waals surface area contributed by atoms with Gasteiger partial charge in [-0.3, -0.25) is 19.3 Å². The maximum absolute atomic E-state index is 13.9. The van der Waals surface area contributed by atoms with Crippen LogP contribution in [0.25, 0.3) is 10.8 Å². The molecule has 0 spiro atoms. The number of halogens is 1. The zero-order valence-corrected chi connectivity index (χ0v) is 16.5. The molecule has 154 valence electrons. The van der Waals surface area contributed by atoms with Gasteiger partial charge in [-0.15, -0.1) is 0 Å². The summed E-state index contributed by atoms with van der Waals surface area (Å²) in [6.45, 7) is 0.0622. The molecule has 3 aromatic carbocycles. The van der Waals surface area contributed by atoms with Crippen LogP contribution in [0.1, 0.15) is 45.2 Å². The number of nitriles is 1. The highest BCUT2D eigenvalue weighted by atomic mass is 19.1. The molecule has 0 aromatic heterocycles. The third-order valence-electron chi connectivity index (χ3n) is 5.29. The molecule has 0 bridgehead atoms. The first-order chi connectivity index (χ1) is 15.0. The van der Waals surface area contributed by atoms with Crippen molar-refractivity contribution in [1.29, 1.82) is 5.26 Å². The standard InChI is InChI=1S/C24H18FN3O3/c25-19-11-2-1-8-16(19)20(14-26)27-21(29)12-5-13-28-23(30)17-9-3-6-15-7-4-10-18(22(15)17)24(28)31/h1-4,6-11,20H,5,12-13H2,(H,27,29). The number of hydrogen-bond acceptors (Lipinski definition) is 4. The summed E-state index contributed by atoms with van der Waals surface area (Å²) in [5.74, 6) is -1.83. The van der Waals surface area contributed by atoms with Gasteiger partial charge in [0.2, 0.25) is 5.91 Å². The largest absolute Gasteiger partial charge is 0.337 e. The molecule has 6 nitrogen and oxygen atoms in total. The normalized spacial score (nSPS) is 13.7. The van der Waals surface area contributed by atoms with Gasteiger partial charge in [0.25, 0.3) is 11.8 Å². The quantitative estimate of drug-likeness (QED) is 0.621. The molecule has 0 saturated carbocycles. The minimum atomic E-state index is -1.11. The lowest BCUT2D eigenvalue weighted by Crippen LogP contribution is -2.41. The first-order valence-corrected chi connectivity index (χ1v) is 9.82. The van der Waals surface area contributed by atoms with Crippen molar-refractivity contribution in [3.8, 4) is 6.07 Å². The van der Waals surface area contributed by atoms with E-state index in [1.165, 1.54) is 18.2 Å². The number of carbonyl (C=O) groups is 3. The number of amides is 3. The van der Waals surface area contributed by atoms with Crippen molar-refractivity contribution in [2.24, 2.45) is 0 Å². The summed E-state index contributed by atoms with van der Waals surface area (Å²) in [6, 6.07) is 17.1. The SMILES string of the molecule is N#CC(NC(=O)CCCN1C(=O)c2cccc3cccc(c23)C1=O)c1ccccc1F. The van der Waals surface area contributed by atoms with E-state index in [2.05, 4.69) is 5.32 Å². The van der Waals surface area contributed by atoms with Gasteiger partial charge in [-0.25, -0.2) is 4.39 Å². The molecule has 7 heteroatoms. The molecule has 1 atom stereocenters. The van der Waals surface area contributed by atoms with Crippen LogP contribution in [-0.2, 0) is 4.79 Å². The van der Waals surface area contributed by atoms with Crippen molar-refractivity contribution in [2.45, 2.75) is 18.9 Å². The fraction of sp³-hybridized carbons (Fsp3) is 0.167. The van der Waals surface area contributed by atoms with Crippen molar-refractivity contribution < 1.29 is 18.8 Å². The van der Waals surface area contributed by atoms with E-state index in [0.717, 1.165) is 10.3 Å². The third kappa shape index (κ3) is 3.76. The monoisotopic (exact) mass is 415 g/mol. The van der Waals surface area contributed by atoms with Gasteiger partial charge in [-0.1, -0.05) is 42.5 Å². The molecule has 1 unspecified atom stereocenters. The number of nitrogens with zero attached hydrogens (tertiary/aromatic N) is 2.